The fourth-order valence-corrected chi connectivity index (χ4v) is 3.74. The molecule has 0 radical (unpaired) electrons. The van der Waals surface area contributed by atoms with Gasteiger partial charge in [-0.25, -0.2) is 4.90 Å². The number of rotatable bonds is 2. The van der Waals surface area contributed by atoms with Crippen molar-refractivity contribution in [3.63, 3.8) is 0 Å². The van der Waals surface area contributed by atoms with Gasteiger partial charge in [0, 0.05) is 25.9 Å². The Balaban J connectivity index is 1.47. The predicted molar refractivity (Wildman–Crippen MR) is 84.4 cm³/mol. The summed E-state index contributed by atoms with van der Waals surface area (Å²) in [5.74, 6) is -0.787. The molecule has 1 unspecified atom stereocenters. The summed E-state index contributed by atoms with van der Waals surface area (Å²) in [5.41, 5.74) is 0.501. The van der Waals surface area contributed by atoms with E-state index in [4.69, 9.17) is 9.47 Å². The minimum atomic E-state index is -0.487. The molecule has 4 rings (SSSR count). The van der Waals surface area contributed by atoms with Crippen molar-refractivity contribution in [2.75, 3.05) is 31.2 Å². The summed E-state index contributed by atoms with van der Waals surface area (Å²) in [6.45, 7) is 2.59. The number of phenols is 1. The molecule has 3 heterocycles. The van der Waals surface area contributed by atoms with Crippen LogP contribution in [-0.4, -0.2) is 60.0 Å². The van der Waals surface area contributed by atoms with E-state index in [1.165, 1.54) is 17.0 Å². The Bertz CT molecular complexity index is 643. The van der Waals surface area contributed by atoms with Gasteiger partial charge in [-0.1, -0.05) is 0 Å². The zero-order valence-corrected chi connectivity index (χ0v) is 13.3. The van der Waals surface area contributed by atoms with E-state index in [1.807, 2.05) is 0 Å². The SMILES string of the molecule is O=C1CC(N2CCC3(CC2)OCCO3)C(=O)N1c1ccc(O)cc1. The second-order valence-electron chi connectivity index (χ2n) is 6.45. The van der Waals surface area contributed by atoms with Crippen LogP contribution in [0.1, 0.15) is 19.3 Å². The van der Waals surface area contributed by atoms with Gasteiger partial charge in [-0.3, -0.25) is 14.5 Å². The largest absolute Gasteiger partial charge is 0.508 e. The molecule has 128 valence electrons. The van der Waals surface area contributed by atoms with E-state index in [1.54, 1.807) is 12.1 Å². The molecule has 0 bridgehead atoms. The number of hydrogen-bond acceptors (Lipinski definition) is 6. The predicted octanol–water partition coefficient (Wildman–Crippen LogP) is 0.863. The van der Waals surface area contributed by atoms with E-state index in [9.17, 15) is 14.7 Å². The monoisotopic (exact) mass is 332 g/mol. The highest BCUT2D eigenvalue weighted by Gasteiger charge is 2.47. The van der Waals surface area contributed by atoms with E-state index < -0.39 is 11.8 Å². The number of benzene rings is 1. The van der Waals surface area contributed by atoms with Gasteiger partial charge in [0.25, 0.3) is 5.91 Å². The van der Waals surface area contributed by atoms with Crippen molar-refractivity contribution >= 4 is 17.5 Å². The first-order chi connectivity index (χ1) is 11.6. The minimum absolute atomic E-state index is 0.104. The number of aromatic hydroxyl groups is 1. The molecule has 0 aromatic heterocycles. The molecule has 7 heteroatoms. The third-order valence-electron chi connectivity index (χ3n) is 5.04. The molecule has 1 aromatic rings. The third-order valence-corrected chi connectivity index (χ3v) is 5.04. The van der Waals surface area contributed by atoms with Crippen LogP contribution in [0, 0.1) is 0 Å². The van der Waals surface area contributed by atoms with Gasteiger partial charge < -0.3 is 14.6 Å². The van der Waals surface area contributed by atoms with Crippen LogP contribution in [0.5, 0.6) is 5.75 Å². The van der Waals surface area contributed by atoms with E-state index in [0.717, 1.165) is 0 Å². The minimum Gasteiger partial charge on any atom is -0.508 e. The molecule has 2 amide bonds. The average Bonchev–Trinajstić information content (AvgIpc) is 3.15. The molecule has 3 saturated heterocycles. The highest BCUT2D eigenvalue weighted by Crippen LogP contribution is 2.34. The van der Waals surface area contributed by atoms with Crippen LogP contribution in [0.4, 0.5) is 5.69 Å². The van der Waals surface area contributed by atoms with Crippen molar-refractivity contribution in [3.8, 4) is 5.75 Å². The summed E-state index contributed by atoms with van der Waals surface area (Å²) >= 11 is 0. The number of ether oxygens (including phenoxy) is 2. The zero-order valence-electron chi connectivity index (χ0n) is 13.3. The fourth-order valence-electron chi connectivity index (χ4n) is 3.74. The Hall–Kier alpha value is -1.96. The molecule has 3 aliphatic rings. The number of carbonyl (C=O) groups is 2. The maximum absolute atomic E-state index is 12.8. The number of phenolic OH excluding ortho intramolecular Hbond substituents is 1. The van der Waals surface area contributed by atoms with E-state index in [-0.39, 0.29) is 24.0 Å². The molecule has 1 N–H and O–H groups in total. The van der Waals surface area contributed by atoms with Gasteiger partial charge in [0.2, 0.25) is 5.91 Å². The van der Waals surface area contributed by atoms with Crippen LogP contribution in [-0.2, 0) is 19.1 Å². The van der Waals surface area contributed by atoms with E-state index in [2.05, 4.69) is 4.90 Å². The summed E-state index contributed by atoms with van der Waals surface area (Å²) < 4.78 is 11.4. The summed E-state index contributed by atoms with van der Waals surface area (Å²) in [4.78, 5) is 28.4. The number of likely N-dealkylation sites (tertiary alicyclic amines) is 1. The summed E-state index contributed by atoms with van der Waals surface area (Å²) in [6, 6.07) is 5.69. The van der Waals surface area contributed by atoms with Gasteiger partial charge in [-0.2, -0.15) is 0 Å². The van der Waals surface area contributed by atoms with Gasteiger partial charge in [-0.05, 0) is 24.3 Å². The highest BCUT2D eigenvalue weighted by atomic mass is 16.7. The number of anilines is 1. The lowest BCUT2D eigenvalue weighted by molar-refractivity contribution is -0.188. The first-order valence-corrected chi connectivity index (χ1v) is 8.26. The van der Waals surface area contributed by atoms with Crippen LogP contribution in [0.15, 0.2) is 24.3 Å². The molecule has 7 nitrogen and oxygen atoms in total. The van der Waals surface area contributed by atoms with Crippen LogP contribution >= 0.6 is 0 Å². The lowest BCUT2D eigenvalue weighted by Gasteiger charge is -2.39. The van der Waals surface area contributed by atoms with Crippen molar-refractivity contribution in [1.29, 1.82) is 0 Å². The molecule has 1 atom stereocenters. The molecule has 1 aromatic carbocycles. The summed E-state index contributed by atoms with van der Waals surface area (Å²) in [5, 5.41) is 9.37. The van der Waals surface area contributed by atoms with Crippen molar-refractivity contribution in [1.82, 2.24) is 4.90 Å². The molecule has 3 fully saturated rings. The Morgan fingerprint density at radius 3 is 2.29 bits per heavy atom. The fraction of sp³-hybridized carbons (Fsp3) is 0.529. The van der Waals surface area contributed by atoms with Gasteiger partial charge in [0.15, 0.2) is 5.79 Å². The van der Waals surface area contributed by atoms with Crippen molar-refractivity contribution < 1.29 is 24.2 Å². The Labute approximate surface area is 139 Å². The summed E-state index contributed by atoms with van der Waals surface area (Å²) in [6.07, 6.45) is 1.61. The molecule has 0 aliphatic carbocycles. The maximum Gasteiger partial charge on any atom is 0.251 e. The maximum atomic E-state index is 12.8. The number of piperidine rings is 1. The molecule has 3 aliphatic heterocycles. The highest BCUT2D eigenvalue weighted by molar-refractivity contribution is 6.22. The number of hydrogen-bond donors (Lipinski definition) is 1. The second kappa shape index (κ2) is 5.84. The first-order valence-electron chi connectivity index (χ1n) is 8.26. The van der Waals surface area contributed by atoms with Gasteiger partial charge >= 0.3 is 0 Å². The van der Waals surface area contributed by atoms with Crippen molar-refractivity contribution in [2.45, 2.75) is 31.1 Å². The van der Waals surface area contributed by atoms with Crippen molar-refractivity contribution in [2.24, 2.45) is 0 Å². The number of nitrogens with zero attached hydrogens (tertiary/aromatic N) is 2. The molecule has 0 saturated carbocycles. The Morgan fingerprint density at radius 2 is 1.67 bits per heavy atom. The third kappa shape index (κ3) is 2.58. The standard InChI is InChI=1S/C17H20N2O5/c20-13-3-1-12(2-4-13)19-15(21)11-14(16(19)22)18-7-5-17(6-8-18)23-9-10-24-17/h1-4,14,20H,5-11H2. The molecular weight excluding hydrogens is 312 g/mol. The Kier molecular flexibility index (Phi) is 3.79. The van der Waals surface area contributed by atoms with Crippen LogP contribution in [0.2, 0.25) is 0 Å². The van der Waals surface area contributed by atoms with Gasteiger partial charge in [-0.15, -0.1) is 0 Å². The summed E-state index contributed by atoms with van der Waals surface area (Å²) in [7, 11) is 0. The average molecular weight is 332 g/mol. The molecule has 24 heavy (non-hydrogen) atoms. The van der Waals surface area contributed by atoms with Crippen molar-refractivity contribution in [3.05, 3.63) is 24.3 Å². The lowest BCUT2D eigenvalue weighted by atomic mass is 10.0. The Morgan fingerprint density at radius 1 is 1.04 bits per heavy atom. The normalized spacial score (nSPS) is 27.3. The second-order valence-corrected chi connectivity index (χ2v) is 6.45. The number of carbonyl (C=O) groups excluding carboxylic acids is 2. The van der Waals surface area contributed by atoms with Gasteiger partial charge in [0.05, 0.1) is 31.4 Å². The number of amides is 2. The smallest absolute Gasteiger partial charge is 0.251 e. The zero-order chi connectivity index (χ0) is 16.7. The van der Waals surface area contributed by atoms with Crippen LogP contribution in [0.25, 0.3) is 0 Å². The topological polar surface area (TPSA) is 79.3 Å². The van der Waals surface area contributed by atoms with E-state index >= 15 is 0 Å². The quantitative estimate of drug-likeness (QED) is 0.810. The van der Waals surface area contributed by atoms with Crippen LogP contribution < -0.4 is 4.90 Å². The molecular formula is C17H20N2O5. The molecule has 1 spiro atoms. The number of imide groups is 1. The van der Waals surface area contributed by atoms with Crippen LogP contribution in [0.3, 0.4) is 0 Å². The van der Waals surface area contributed by atoms with Gasteiger partial charge in [0.1, 0.15) is 5.75 Å². The van der Waals surface area contributed by atoms with E-state index in [0.29, 0.717) is 44.8 Å². The first kappa shape index (κ1) is 15.6. The lowest BCUT2D eigenvalue weighted by Crippen LogP contribution is -2.51.